The van der Waals surface area contributed by atoms with Gasteiger partial charge in [-0.05, 0) is 26.8 Å². The van der Waals surface area contributed by atoms with Gasteiger partial charge in [0.1, 0.15) is 0 Å². The second-order valence-corrected chi connectivity index (χ2v) is 6.17. The van der Waals surface area contributed by atoms with E-state index >= 15 is 0 Å². The lowest BCUT2D eigenvalue weighted by molar-refractivity contribution is -0.142. The highest BCUT2D eigenvalue weighted by Gasteiger charge is 2.35. The molecule has 0 saturated carbocycles. The average Bonchev–Trinajstić information content (AvgIpc) is 2.99. The van der Waals surface area contributed by atoms with Crippen LogP contribution in [0.2, 0.25) is 0 Å². The van der Waals surface area contributed by atoms with Crippen LogP contribution < -0.4 is 4.90 Å². The summed E-state index contributed by atoms with van der Waals surface area (Å²) in [6.45, 7) is 7.41. The summed E-state index contributed by atoms with van der Waals surface area (Å²) in [5, 5.41) is 11.8. The summed E-state index contributed by atoms with van der Waals surface area (Å²) in [7, 11) is 0. The first kappa shape index (κ1) is 15.9. The molecular weight excluding hydrogens is 290 g/mol. The van der Waals surface area contributed by atoms with Gasteiger partial charge in [-0.2, -0.15) is 0 Å². The Morgan fingerprint density at radius 2 is 2.29 bits per heavy atom. The summed E-state index contributed by atoms with van der Waals surface area (Å²) in [5.41, 5.74) is 0.896. The second kappa shape index (κ2) is 6.53. The Kier molecular flexibility index (Phi) is 4.95. The summed E-state index contributed by atoms with van der Waals surface area (Å²) in [4.78, 5) is 30.9. The van der Waals surface area contributed by atoms with Crippen molar-refractivity contribution in [1.29, 1.82) is 0 Å². The van der Waals surface area contributed by atoms with Crippen molar-refractivity contribution in [1.82, 2.24) is 9.88 Å². The molecule has 116 valence electrons. The molecule has 0 bridgehead atoms. The van der Waals surface area contributed by atoms with Crippen molar-refractivity contribution in [2.45, 2.75) is 39.8 Å². The van der Waals surface area contributed by atoms with E-state index < -0.39 is 5.97 Å². The molecular formula is C14H21N3O3S. The monoisotopic (exact) mass is 311 g/mol. The fourth-order valence-electron chi connectivity index (χ4n) is 2.75. The highest BCUT2D eigenvalue weighted by Crippen LogP contribution is 2.27. The number of rotatable bonds is 5. The molecule has 2 unspecified atom stereocenters. The topological polar surface area (TPSA) is 73.7 Å². The minimum Gasteiger partial charge on any atom is -0.481 e. The lowest BCUT2D eigenvalue weighted by Crippen LogP contribution is -2.32. The molecule has 2 atom stereocenters. The molecule has 0 radical (unpaired) electrons. The molecule has 0 spiro atoms. The summed E-state index contributed by atoms with van der Waals surface area (Å²) >= 11 is 1.45. The molecule has 1 amide bonds. The van der Waals surface area contributed by atoms with Crippen molar-refractivity contribution in [3.63, 3.8) is 0 Å². The standard InChI is InChI=1S/C14H21N3O3S/c1-4-17(10(3)18)14-15-11(8-21-14)7-16-6-5-12(9(16)2)13(19)20/h8-9,12H,4-7H2,1-3H3,(H,19,20). The first-order valence-electron chi connectivity index (χ1n) is 7.13. The number of nitrogens with zero attached hydrogens (tertiary/aromatic N) is 3. The van der Waals surface area contributed by atoms with E-state index in [1.54, 1.807) is 4.90 Å². The number of aliphatic carboxylic acids is 1. The number of aromatic nitrogens is 1. The SMILES string of the molecule is CCN(C(C)=O)c1nc(CN2CCC(C(=O)O)C2C)cs1. The highest BCUT2D eigenvalue weighted by molar-refractivity contribution is 7.14. The predicted octanol–water partition coefficient (Wildman–Crippen LogP) is 1.81. The molecule has 1 aliphatic rings. The summed E-state index contributed by atoms with van der Waals surface area (Å²) < 4.78 is 0. The van der Waals surface area contributed by atoms with Gasteiger partial charge in [-0.25, -0.2) is 4.98 Å². The van der Waals surface area contributed by atoms with E-state index in [-0.39, 0.29) is 17.9 Å². The van der Waals surface area contributed by atoms with Crippen LogP contribution in [-0.4, -0.2) is 46.0 Å². The molecule has 1 N–H and O–H groups in total. The fraction of sp³-hybridized carbons (Fsp3) is 0.643. The number of hydrogen-bond donors (Lipinski definition) is 1. The van der Waals surface area contributed by atoms with Crippen LogP contribution in [0.3, 0.4) is 0 Å². The molecule has 0 aromatic carbocycles. The fourth-order valence-corrected chi connectivity index (χ4v) is 3.67. The molecule has 1 aromatic heterocycles. The van der Waals surface area contributed by atoms with Gasteiger partial charge in [0.2, 0.25) is 5.91 Å². The van der Waals surface area contributed by atoms with Crippen LogP contribution in [0.5, 0.6) is 0 Å². The van der Waals surface area contributed by atoms with Gasteiger partial charge in [-0.15, -0.1) is 11.3 Å². The minimum absolute atomic E-state index is 0.0149. The van der Waals surface area contributed by atoms with Crippen LogP contribution in [0.15, 0.2) is 5.38 Å². The van der Waals surface area contributed by atoms with E-state index in [1.807, 2.05) is 19.2 Å². The summed E-state index contributed by atoms with van der Waals surface area (Å²) in [6, 6.07) is 0.0164. The second-order valence-electron chi connectivity index (χ2n) is 5.33. The zero-order valence-electron chi connectivity index (χ0n) is 12.6. The zero-order chi connectivity index (χ0) is 15.6. The van der Waals surface area contributed by atoms with Gasteiger partial charge in [-0.3, -0.25) is 19.4 Å². The van der Waals surface area contributed by atoms with Gasteiger partial charge in [0.25, 0.3) is 0 Å². The number of carboxylic acid groups (broad SMARTS) is 1. The molecule has 1 aliphatic heterocycles. The van der Waals surface area contributed by atoms with Gasteiger partial charge in [-0.1, -0.05) is 0 Å². The Hall–Kier alpha value is -1.47. The third kappa shape index (κ3) is 3.41. The van der Waals surface area contributed by atoms with Crippen LogP contribution in [-0.2, 0) is 16.1 Å². The normalized spacial score (nSPS) is 22.4. The first-order chi connectivity index (χ1) is 9.93. The maximum atomic E-state index is 11.5. The molecule has 21 heavy (non-hydrogen) atoms. The van der Waals surface area contributed by atoms with Crippen molar-refractivity contribution in [2.75, 3.05) is 18.0 Å². The Labute approximate surface area is 128 Å². The molecule has 1 saturated heterocycles. The largest absolute Gasteiger partial charge is 0.481 e. The van der Waals surface area contributed by atoms with Crippen LogP contribution in [0.1, 0.15) is 32.9 Å². The van der Waals surface area contributed by atoms with Gasteiger partial charge in [0, 0.05) is 31.4 Å². The van der Waals surface area contributed by atoms with E-state index in [1.165, 1.54) is 18.3 Å². The lowest BCUT2D eigenvalue weighted by Gasteiger charge is -2.22. The van der Waals surface area contributed by atoms with Gasteiger partial charge in [0.05, 0.1) is 11.6 Å². The number of hydrogen-bond acceptors (Lipinski definition) is 5. The molecule has 0 aliphatic carbocycles. The number of carbonyl (C=O) groups is 2. The minimum atomic E-state index is -0.724. The predicted molar refractivity (Wildman–Crippen MR) is 81.4 cm³/mol. The number of thiazole rings is 1. The molecule has 2 heterocycles. The molecule has 1 aromatic rings. The zero-order valence-corrected chi connectivity index (χ0v) is 13.4. The third-order valence-electron chi connectivity index (χ3n) is 4.03. The van der Waals surface area contributed by atoms with E-state index in [4.69, 9.17) is 5.11 Å². The molecule has 7 heteroatoms. The van der Waals surface area contributed by atoms with E-state index in [0.717, 1.165) is 12.2 Å². The smallest absolute Gasteiger partial charge is 0.308 e. The summed E-state index contributed by atoms with van der Waals surface area (Å²) in [5.74, 6) is -1.04. The number of amides is 1. The lowest BCUT2D eigenvalue weighted by atomic mass is 10.0. The maximum Gasteiger partial charge on any atom is 0.308 e. The van der Waals surface area contributed by atoms with Crippen LogP contribution >= 0.6 is 11.3 Å². The number of likely N-dealkylation sites (tertiary alicyclic amines) is 1. The van der Waals surface area contributed by atoms with Crippen LogP contribution in [0.25, 0.3) is 0 Å². The summed E-state index contributed by atoms with van der Waals surface area (Å²) in [6.07, 6.45) is 0.683. The van der Waals surface area contributed by atoms with Crippen molar-refractivity contribution < 1.29 is 14.7 Å². The Morgan fingerprint density at radius 3 is 2.81 bits per heavy atom. The first-order valence-corrected chi connectivity index (χ1v) is 8.01. The van der Waals surface area contributed by atoms with Crippen LogP contribution in [0.4, 0.5) is 5.13 Å². The Bertz CT molecular complexity index is 531. The average molecular weight is 311 g/mol. The van der Waals surface area contributed by atoms with E-state index in [0.29, 0.717) is 24.6 Å². The Morgan fingerprint density at radius 1 is 1.57 bits per heavy atom. The maximum absolute atomic E-state index is 11.5. The molecule has 1 fully saturated rings. The number of anilines is 1. The van der Waals surface area contributed by atoms with Crippen LogP contribution in [0, 0.1) is 5.92 Å². The van der Waals surface area contributed by atoms with Gasteiger partial charge >= 0.3 is 5.97 Å². The van der Waals surface area contributed by atoms with Gasteiger partial charge in [0.15, 0.2) is 5.13 Å². The highest BCUT2D eigenvalue weighted by atomic mass is 32.1. The third-order valence-corrected chi connectivity index (χ3v) is 4.95. The van der Waals surface area contributed by atoms with Crippen molar-refractivity contribution in [3.8, 4) is 0 Å². The quantitative estimate of drug-likeness (QED) is 0.898. The van der Waals surface area contributed by atoms with Crippen molar-refractivity contribution >= 4 is 28.3 Å². The van der Waals surface area contributed by atoms with Gasteiger partial charge < -0.3 is 5.11 Å². The molecule has 6 nitrogen and oxygen atoms in total. The Balaban J connectivity index is 2.03. The number of carboxylic acids is 1. The van der Waals surface area contributed by atoms with E-state index in [9.17, 15) is 9.59 Å². The molecule has 2 rings (SSSR count). The van der Waals surface area contributed by atoms with E-state index in [2.05, 4.69) is 9.88 Å². The van der Waals surface area contributed by atoms with Crippen molar-refractivity contribution in [2.24, 2.45) is 5.92 Å². The number of carbonyl (C=O) groups excluding carboxylic acids is 1. The van der Waals surface area contributed by atoms with Crippen molar-refractivity contribution in [3.05, 3.63) is 11.1 Å².